The maximum absolute atomic E-state index is 11.9. The molecule has 0 aromatic heterocycles. The van der Waals surface area contributed by atoms with E-state index in [1.807, 2.05) is 6.92 Å². The second-order valence-corrected chi connectivity index (χ2v) is 5.48. The van der Waals surface area contributed by atoms with E-state index in [0.717, 1.165) is 0 Å². The normalized spacial score (nSPS) is 11.5. The third-order valence-corrected chi connectivity index (χ3v) is 3.16. The van der Waals surface area contributed by atoms with Crippen LogP contribution in [0.2, 0.25) is 5.02 Å². The topological polar surface area (TPSA) is 71.6 Å². The van der Waals surface area contributed by atoms with E-state index in [0.29, 0.717) is 28.1 Å². The molecule has 0 radical (unpaired) electrons. The number of halogens is 1. The van der Waals surface area contributed by atoms with Crippen LogP contribution in [-0.2, 0) is 16.0 Å². The van der Waals surface area contributed by atoms with Gasteiger partial charge in [-0.1, -0.05) is 11.6 Å². The van der Waals surface area contributed by atoms with Gasteiger partial charge in [0.05, 0.1) is 20.1 Å². The minimum atomic E-state index is -0.260. The second kappa shape index (κ2) is 9.45. The van der Waals surface area contributed by atoms with Crippen LogP contribution in [0.25, 0.3) is 0 Å². The quantitative estimate of drug-likeness (QED) is 0.535. The molecule has 0 aliphatic rings. The number of hydrazine groups is 1. The maximum atomic E-state index is 11.9. The van der Waals surface area contributed by atoms with E-state index in [-0.39, 0.29) is 18.4 Å². The molecule has 0 bridgehead atoms. The van der Waals surface area contributed by atoms with Gasteiger partial charge in [-0.15, -0.1) is 0 Å². The zero-order valence-electron chi connectivity index (χ0n) is 12.7. The minimum absolute atomic E-state index is 0.0370. The van der Waals surface area contributed by atoms with Gasteiger partial charge >= 0.3 is 0 Å². The Morgan fingerprint density at radius 1 is 1.36 bits per heavy atom. The Morgan fingerprint density at radius 2 is 2.09 bits per heavy atom. The summed E-state index contributed by atoms with van der Waals surface area (Å²) in [6.45, 7) is 2.42. The summed E-state index contributed by atoms with van der Waals surface area (Å²) in [7, 11) is 3.15. The van der Waals surface area contributed by atoms with E-state index < -0.39 is 0 Å². The first kappa shape index (κ1) is 18.5. The Hall–Kier alpha value is -1.57. The van der Waals surface area contributed by atoms with E-state index in [2.05, 4.69) is 16.2 Å². The van der Waals surface area contributed by atoms with Gasteiger partial charge in [0.15, 0.2) is 5.11 Å². The molecule has 6 nitrogen and oxygen atoms in total. The highest BCUT2D eigenvalue weighted by Gasteiger charge is 2.10. The molecule has 3 N–H and O–H groups in total. The summed E-state index contributed by atoms with van der Waals surface area (Å²) in [6, 6.07) is 5.15. The van der Waals surface area contributed by atoms with Crippen molar-refractivity contribution in [3.8, 4) is 5.75 Å². The predicted octanol–water partition coefficient (Wildman–Crippen LogP) is 1.42. The molecule has 0 spiro atoms. The number of methoxy groups -OCH3 is 2. The Bertz CT molecular complexity index is 528. The van der Waals surface area contributed by atoms with Crippen molar-refractivity contribution in [2.24, 2.45) is 0 Å². The fraction of sp³-hybridized carbons (Fsp3) is 0.429. The lowest BCUT2D eigenvalue weighted by molar-refractivity contribution is -0.121. The molecule has 1 aromatic carbocycles. The van der Waals surface area contributed by atoms with Gasteiger partial charge in [0.1, 0.15) is 5.75 Å². The molecule has 122 valence electrons. The van der Waals surface area contributed by atoms with Crippen LogP contribution in [0.1, 0.15) is 12.5 Å². The van der Waals surface area contributed by atoms with Gasteiger partial charge in [-0.05, 0) is 37.3 Å². The number of thiocarbonyl (C=S) groups is 1. The smallest absolute Gasteiger partial charge is 0.242 e. The molecular formula is C14H20ClN3O3S. The van der Waals surface area contributed by atoms with E-state index >= 15 is 0 Å². The Kier molecular flexibility index (Phi) is 7.94. The van der Waals surface area contributed by atoms with Crippen LogP contribution in [-0.4, -0.2) is 37.9 Å². The van der Waals surface area contributed by atoms with Crippen molar-refractivity contribution in [2.45, 2.75) is 19.4 Å². The number of hydrogen-bond donors (Lipinski definition) is 3. The van der Waals surface area contributed by atoms with Crippen molar-refractivity contribution in [1.82, 2.24) is 16.2 Å². The van der Waals surface area contributed by atoms with Crippen molar-refractivity contribution in [2.75, 3.05) is 20.8 Å². The van der Waals surface area contributed by atoms with E-state index in [4.69, 9.17) is 33.3 Å². The Labute approximate surface area is 140 Å². The van der Waals surface area contributed by atoms with Crippen LogP contribution < -0.4 is 20.9 Å². The molecule has 0 saturated heterocycles. The number of carbonyl (C=O) groups is 1. The van der Waals surface area contributed by atoms with Crippen molar-refractivity contribution in [3.63, 3.8) is 0 Å². The zero-order valence-corrected chi connectivity index (χ0v) is 14.3. The first-order valence-electron chi connectivity index (χ1n) is 6.63. The number of rotatable bonds is 6. The van der Waals surface area contributed by atoms with Crippen molar-refractivity contribution >= 4 is 34.8 Å². The predicted molar refractivity (Wildman–Crippen MR) is 90.1 cm³/mol. The number of hydrogen-bond acceptors (Lipinski definition) is 4. The lowest BCUT2D eigenvalue weighted by atomic mass is 10.1. The third kappa shape index (κ3) is 6.46. The van der Waals surface area contributed by atoms with E-state index in [9.17, 15) is 4.79 Å². The summed E-state index contributed by atoms with van der Waals surface area (Å²) in [5, 5.41) is 3.83. The van der Waals surface area contributed by atoms with Crippen LogP contribution in [0.4, 0.5) is 0 Å². The molecule has 1 rings (SSSR count). The van der Waals surface area contributed by atoms with Gasteiger partial charge in [0.25, 0.3) is 0 Å². The fourth-order valence-corrected chi connectivity index (χ4v) is 2.23. The van der Waals surface area contributed by atoms with Crippen molar-refractivity contribution < 1.29 is 14.3 Å². The molecular weight excluding hydrogens is 326 g/mol. The first-order chi connectivity index (χ1) is 10.5. The minimum Gasteiger partial charge on any atom is -0.496 e. The third-order valence-electron chi connectivity index (χ3n) is 2.70. The standard InChI is InChI=1S/C14H20ClN3O3S/c1-9(8-20-2)16-14(22)18-17-13(19)7-10-6-11(15)4-5-12(10)21-3/h4-6,9H,7-8H2,1-3H3,(H,17,19)(H2,16,18,22)/t9-/m1/s1. The number of carbonyl (C=O) groups excluding carboxylic acids is 1. The van der Waals surface area contributed by atoms with Crippen LogP contribution >= 0.6 is 23.8 Å². The van der Waals surface area contributed by atoms with Gasteiger partial charge in [0.2, 0.25) is 5.91 Å². The highest BCUT2D eigenvalue weighted by Crippen LogP contribution is 2.22. The van der Waals surface area contributed by atoms with Crippen LogP contribution in [0.3, 0.4) is 0 Å². The summed E-state index contributed by atoms with van der Waals surface area (Å²) in [4.78, 5) is 11.9. The molecule has 1 aromatic rings. The zero-order chi connectivity index (χ0) is 16.5. The lowest BCUT2D eigenvalue weighted by Crippen LogP contribution is -2.50. The number of nitrogens with one attached hydrogen (secondary N) is 3. The molecule has 0 saturated carbocycles. The summed E-state index contributed by atoms with van der Waals surface area (Å²) >= 11 is 11.0. The number of ether oxygens (including phenoxy) is 2. The molecule has 0 aliphatic heterocycles. The second-order valence-electron chi connectivity index (χ2n) is 4.64. The number of benzene rings is 1. The Balaban J connectivity index is 2.47. The van der Waals surface area contributed by atoms with E-state index in [1.165, 1.54) is 0 Å². The molecule has 22 heavy (non-hydrogen) atoms. The molecule has 0 fully saturated rings. The maximum Gasteiger partial charge on any atom is 0.242 e. The average molecular weight is 346 g/mol. The van der Waals surface area contributed by atoms with E-state index in [1.54, 1.807) is 32.4 Å². The van der Waals surface area contributed by atoms with Gasteiger partial charge in [-0.2, -0.15) is 0 Å². The summed E-state index contributed by atoms with van der Waals surface area (Å²) in [6.07, 6.45) is 0.118. The largest absolute Gasteiger partial charge is 0.496 e. The number of amides is 1. The first-order valence-corrected chi connectivity index (χ1v) is 7.41. The molecule has 1 amide bonds. The summed E-state index contributed by atoms with van der Waals surface area (Å²) < 4.78 is 10.2. The van der Waals surface area contributed by atoms with Crippen molar-refractivity contribution in [3.05, 3.63) is 28.8 Å². The van der Waals surface area contributed by atoms with Gasteiger partial charge < -0.3 is 14.8 Å². The Morgan fingerprint density at radius 3 is 2.73 bits per heavy atom. The van der Waals surface area contributed by atoms with Gasteiger partial charge in [-0.3, -0.25) is 15.6 Å². The summed E-state index contributed by atoms with van der Waals surface area (Å²) in [5.74, 6) is 0.345. The molecule has 0 aliphatic carbocycles. The molecule has 0 unspecified atom stereocenters. The van der Waals surface area contributed by atoms with Gasteiger partial charge in [0, 0.05) is 23.7 Å². The van der Waals surface area contributed by atoms with Crippen LogP contribution in [0, 0.1) is 0 Å². The highest BCUT2D eigenvalue weighted by atomic mass is 35.5. The molecule has 1 atom stereocenters. The van der Waals surface area contributed by atoms with Crippen LogP contribution in [0.15, 0.2) is 18.2 Å². The fourth-order valence-electron chi connectivity index (χ4n) is 1.78. The molecule has 0 heterocycles. The average Bonchev–Trinajstić information content (AvgIpc) is 2.45. The monoisotopic (exact) mass is 345 g/mol. The van der Waals surface area contributed by atoms with Crippen molar-refractivity contribution in [1.29, 1.82) is 0 Å². The van der Waals surface area contributed by atoms with Gasteiger partial charge in [-0.25, -0.2) is 0 Å². The SMILES string of the molecule is COC[C@@H](C)NC(=S)NNC(=O)Cc1cc(Cl)ccc1OC. The lowest BCUT2D eigenvalue weighted by Gasteiger charge is -2.16. The highest BCUT2D eigenvalue weighted by molar-refractivity contribution is 7.80. The molecule has 8 heteroatoms. The van der Waals surface area contributed by atoms with Crippen LogP contribution in [0.5, 0.6) is 5.75 Å². The summed E-state index contributed by atoms with van der Waals surface area (Å²) in [5.41, 5.74) is 5.85.